The van der Waals surface area contributed by atoms with E-state index >= 15 is 0 Å². The molecule has 6 nitrogen and oxygen atoms in total. The van der Waals surface area contributed by atoms with Gasteiger partial charge >= 0.3 is 0 Å². The van der Waals surface area contributed by atoms with Crippen molar-refractivity contribution in [1.29, 1.82) is 0 Å². The molecule has 0 spiro atoms. The number of nitrogens with zero attached hydrogens (tertiary/aromatic N) is 1. The molecule has 0 saturated heterocycles. The van der Waals surface area contributed by atoms with Crippen LogP contribution in [-0.4, -0.2) is 19.1 Å². The van der Waals surface area contributed by atoms with Crippen molar-refractivity contribution in [2.45, 2.75) is 19.4 Å². The lowest BCUT2D eigenvalue weighted by atomic mass is 10.0. The van der Waals surface area contributed by atoms with Gasteiger partial charge in [-0.05, 0) is 42.7 Å². The van der Waals surface area contributed by atoms with Crippen molar-refractivity contribution in [2.75, 3.05) is 23.4 Å². The van der Waals surface area contributed by atoms with E-state index in [1.54, 1.807) is 24.3 Å². The summed E-state index contributed by atoms with van der Waals surface area (Å²) in [4.78, 5) is 26.6. The van der Waals surface area contributed by atoms with Crippen LogP contribution in [0.1, 0.15) is 17.7 Å². The van der Waals surface area contributed by atoms with Gasteiger partial charge in [-0.2, -0.15) is 0 Å². The predicted molar refractivity (Wildman–Crippen MR) is 116 cm³/mol. The second kappa shape index (κ2) is 9.05. The van der Waals surface area contributed by atoms with Gasteiger partial charge in [-0.25, -0.2) is 0 Å². The van der Waals surface area contributed by atoms with Gasteiger partial charge in [0.05, 0.1) is 6.54 Å². The summed E-state index contributed by atoms with van der Waals surface area (Å²) in [6, 6.07) is 16.5. The number of carbonyl (C=O) groups is 1. The maximum Gasteiger partial charge on any atom is 0.262 e. The number of rotatable bonds is 6. The van der Waals surface area contributed by atoms with E-state index in [9.17, 15) is 9.59 Å². The fourth-order valence-electron chi connectivity index (χ4n) is 3.50. The number of hydrogen-bond acceptors (Lipinski definition) is 5. The number of hydrogen-bond donors (Lipinski definition) is 1. The molecule has 1 aliphatic heterocycles. The van der Waals surface area contributed by atoms with E-state index in [1.165, 1.54) is 23.6 Å². The summed E-state index contributed by atoms with van der Waals surface area (Å²) in [6.45, 7) is 1.10. The zero-order chi connectivity index (χ0) is 20.9. The van der Waals surface area contributed by atoms with E-state index in [-0.39, 0.29) is 17.8 Å². The molecule has 0 atom stereocenters. The van der Waals surface area contributed by atoms with Crippen LogP contribution in [0.25, 0.3) is 0 Å². The number of ether oxygens (including phenoxy) is 1. The Kier molecular flexibility index (Phi) is 6.05. The third-order valence-corrected chi connectivity index (χ3v) is 5.11. The highest BCUT2D eigenvalue weighted by molar-refractivity contribution is 6.30. The molecule has 4 rings (SSSR count). The summed E-state index contributed by atoms with van der Waals surface area (Å²) >= 11 is 5.89. The summed E-state index contributed by atoms with van der Waals surface area (Å²) < 4.78 is 10.9. The highest BCUT2D eigenvalue weighted by Gasteiger charge is 2.18. The molecular formula is C23H21ClN2O4. The van der Waals surface area contributed by atoms with Crippen LogP contribution in [0.15, 0.2) is 70.1 Å². The largest absolute Gasteiger partial charge is 0.477 e. The first-order valence-corrected chi connectivity index (χ1v) is 10.1. The fraction of sp³-hybridized carbons (Fsp3) is 0.217. The summed E-state index contributed by atoms with van der Waals surface area (Å²) in [5.74, 6) is 0.150. The number of nitrogens with one attached hydrogen (secondary N) is 1. The van der Waals surface area contributed by atoms with Crippen molar-refractivity contribution in [3.05, 3.63) is 87.4 Å². The topological polar surface area (TPSA) is 71.8 Å². The number of halogens is 1. The van der Waals surface area contributed by atoms with E-state index in [0.29, 0.717) is 23.0 Å². The molecular weight excluding hydrogens is 404 g/mol. The van der Waals surface area contributed by atoms with Crippen molar-refractivity contribution in [3.63, 3.8) is 0 Å². The van der Waals surface area contributed by atoms with Crippen LogP contribution in [0, 0.1) is 0 Å². The first-order valence-electron chi connectivity index (χ1n) is 9.71. The summed E-state index contributed by atoms with van der Waals surface area (Å²) in [5, 5.41) is 3.17. The quantitative estimate of drug-likeness (QED) is 0.640. The van der Waals surface area contributed by atoms with E-state index in [1.807, 2.05) is 12.1 Å². The van der Waals surface area contributed by atoms with Gasteiger partial charge in [-0.1, -0.05) is 35.9 Å². The summed E-state index contributed by atoms with van der Waals surface area (Å²) in [7, 11) is 0. The minimum Gasteiger partial charge on any atom is -0.477 e. The Morgan fingerprint density at radius 1 is 1.17 bits per heavy atom. The van der Waals surface area contributed by atoms with Crippen molar-refractivity contribution < 1.29 is 13.9 Å². The van der Waals surface area contributed by atoms with Crippen LogP contribution in [0.5, 0.6) is 5.75 Å². The van der Waals surface area contributed by atoms with Gasteiger partial charge in [0.25, 0.3) is 5.91 Å². The fourth-order valence-corrected chi connectivity index (χ4v) is 3.69. The predicted octanol–water partition coefficient (Wildman–Crippen LogP) is 4.26. The standard InChI is InChI=1S/C23H21ClN2O4/c24-17-7-3-8-18(11-17)25-23(28)15-30-22-14-29-19(12-21(22)27)13-26-10-4-6-16-5-1-2-9-20(16)26/h1-3,5,7-9,11-12,14H,4,6,10,13,15H2,(H,25,28). The van der Waals surface area contributed by atoms with Gasteiger partial charge in [0.2, 0.25) is 11.2 Å². The van der Waals surface area contributed by atoms with E-state index in [0.717, 1.165) is 19.4 Å². The maximum absolute atomic E-state index is 12.4. The van der Waals surface area contributed by atoms with Crippen LogP contribution >= 0.6 is 11.6 Å². The Morgan fingerprint density at radius 2 is 2.03 bits per heavy atom. The van der Waals surface area contributed by atoms with Crippen LogP contribution in [0.3, 0.4) is 0 Å². The zero-order valence-electron chi connectivity index (χ0n) is 16.3. The van der Waals surface area contributed by atoms with Gasteiger partial charge < -0.3 is 19.4 Å². The number of para-hydroxylation sites is 1. The maximum atomic E-state index is 12.4. The Balaban J connectivity index is 1.37. The molecule has 1 N–H and O–H groups in total. The Bertz CT molecular complexity index is 1110. The average Bonchev–Trinajstić information content (AvgIpc) is 2.73. The number of amides is 1. The molecule has 7 heteroatoms. The number of fused-ring (bicyclic) bond motifs is 1. The zero-order valence-corrected chi connectivity index (χ0v) is 17.0. The number of carbonyl (C=O) groups excluding carboxylic acids is 1. The highest BCUT2D eigenvalue weighted by Crippen LogP contribution is 2.28. The van der Waals surface area contributed by atoms with Gasteiger partial charge in [0, 0.05) is 29.0 Å². The van der Waals surface area contributed by atoms with E-state index < -0.39 is 5.91 Å². The van der Waals surface area contributed by atoms with Crippen LogP contribution in [0.2, 0.25) is 5.02 Å². The molecule has 0 bridgehead atoms. The monoisotopic (exact) mass is 424 g/mol. The summed E-state index contributed by atoms with van der Waals surface area (Å²) in [6.07, 6.45) is 3.38. The first-order chi connectivity index (χ1) is 14.6. The molecule has 30 heavy (non-hydrogen) atoms. The van der Waals surface area contributed by atoms with Crippen molar-refractivity contribution in [1.82, 2.24) is 0 Å². The molecule has 0 aliphatic carbocycles. The number of benzene rings is 2. The van der Waals surface area contributed by atoms with Crippen LogP contribution in [-0.2, 0) is 17.8 Å². The number of anilines is 2. The highest BCUT2D eigenvalue weighted by atomic mass is 35.5. The second-order valence-electron chi connectivity index (χ2n) is 7.08. The van der Waals surface area contributed by atoms with Gasteiger partial charge in [-0.3, -0.25) is 9.59 Å². The molecule has 2 heterocycles. The Labute approximate surface area is 179 Å². The molecule has 0 unspecified atom stereocenters. The van der Waals surface area contributed by atoms with Gasteiger partial charge in [-0.15, -0.1) is 0 Å². The van der Waals surface area contributed by atoms with E-state index in [4.69, 9.17) is 20.8 Å². The first kappa shape index (κ1) is 20.0. The van der Waals surface area contributed by atoms with Crippen molar-refractivity contribution >= 4 is 28.9 Å². The molecule has 154 valence electrons. The Hall–Kier alpha value is -3.25. The van der Waals surface area contributed by atoms with Crippen LogP contribution in [0.4, 0.5) is 11.4 Å². The van der Waals surface area contributed by atoms with Crippen LogP contribution < -0.4 is 20.4 Å². The molecule has 2 aromatic carbocycles. The molecule has 3 aromatic rings. The van der Waals surface area contributed by atoms with E-state index in [2.05, 4.69) is 22.3 Å². The average molecular weight is 425 g/mol. The molecule has 1 aromatic heterocycles. The summed E-state index contributed by atoms with van der Waals surface area (Å²) in [5.41, 5.74) is 2.71. The second-order valence-corrected chi connectivity index (χ2v) is 7.51. The lowest BCUT2D eigenvalue weighted by Crippen LogP contribution is -2.29. The molecule has 1 amide bonds. The lowest BCUT2D eigenvalue weighted by Gasteiger charge is -2.30. The van der Waals surface area contributed by atoms with Gasteiger partial charge in [0.15, 0.2) is 6.61 Å². The number of aryl methyl sites for hydroxylation is 1. The smallest absolute Gasteiger partial charge is 0.262 e. The lowest BCUT2D eigenvalue weighted by molar-refractivity contribution is -0.118. The minimum absolute atomic E-state index is 0.000890. The normalized spacial score (nSPS) is 12.9. The SMILES string of the molecule is O=C(COc1coc(CN2CCCc3ccccc32)cc1=O)Nc1cccc(Cl)c1. The molecule has 0 saturated carbocycles. The third kappa shape index (κ3) is 4.83. The molecule has 0 fully saturated rings. The third-order valence-electron chi connectivity index (χ3n) is 4.87. The molecule has 1 aliphatic rings. The Morgan fingerprint density at radius 3 is 2.87 bits per heavy atom. The minimum atomic E-state index is -0.398. The van der Waals surface area contributed by atoms with Gasteiger partial charge in [0.1, 0.15) is 12.0 Å². The van der Waals surface area contributed by atoms with Crippen molar-refractivity contribution in [2.24, 2.45) is 0 Å². The molecule has 0 radical (unpaired) electrons. The van der Waals surface area contributed by atoms with Crippen molar-refractivity contribution in [3.8, 4) is 5.75 Å².